The van der Waals surface area contributed by atoms with Gasteiger partial charge >= 0.3 is 6.03 Å². The first-order valence-corrected chi connectivity index (χ1v) is 7.84. The Bertz CT molecular complexity index is 532. The highest BCUT2D eigenvalue weighted by Crippen LogP contribution is 2.21. The number of benzene rings is 1. The summed E-state index contributed by atoms with van der Waals surface area (Å²) in [4.78, 5) is 15.8. The van der Waals surface area contributed by atoms with Crippen LogP contribution >= 0.6 is 0 Å². The van der Waals surface area contributed by atoms with Gasteiger partial charge in [0.15, 0.2) is 0 Å². The van der Waals surface area contributed by atoms with Gasteiger partial charge in [-0.15, -0.1) is 0 Å². The number of likely N-dealkylation sites (tertiary alicyclic amines) is 1. The van der Waals surface area contributed by atoms with Crippen molar-refractivity contribution in [2.75, 3.05) is 32.7 Å². The number of hydrogen-bond donors (Lipinski definition) is 2. The van der Waals surface area contributed by atoms with E-state index < -0.39 is 6.10 Å². The van der Waals surface area contributed by atoms with Crippen LogP contribution in [0.5, 0.6) is 0 Å². The van der Waals surface area contributed by atoms with Gasteiger partial charge in [0.2, 0.25) is 0 Å². The summed E-state index contributed by atoms with van der Waals surface area (Å²) < 4.78 is 13.2. The summed E-state index contributed by atoms with van der Waals surface area (Å²) in [6.45, 7) is 3.72. The molecule has 22 heavy (non-hydrogen) atoms. The predicted octanol–water partition coefficient (Wildman–Crippen LogP) is 1.35. The highest BCUT2D eigenvalue weighted by molar-refractivity contribution is 5.76. The van der Waals surface area contributed by atoms with Crippen LogP contribution < -0.4 is 5.32 Å². The third kappa shape index (κ3) is 3.39. The first-order valence-electron chi connectivity index (χ1n) is 7.84. The van der Waals surface area contributed by atoms with E-state index in [9.17, 15) is 14.3 Å². The molecular weight excluding hydrogens is 285 g/mol. The predicted molar refractivity (Wildman–Crippen MR) is 80.9 cm³/mol. The summed E-state index contributed by atoms with van der Waals surface area (Å²) in [5.41, 5.74) is 0.612. The van der Waals surface area contributed by atoms with Gasteiger partial charge in [-0.05, 0) is 30.5 Å². The average molecular weight is 307 g/mol. The molecule has 1 aromatic carbocycles. The Morgan fingerprint density at radius 3 is 2.73 bits per heavy atom. The monoisotopic (exact) mass is 307 g/mol. The molecular formula is C16H22FN3O2. The molecule has 2 fully saturated rings. The highest BCUT2D eigenvalue weighted by atomic mass is 19.1. The van der Waals surface area contributed by atoms with Crippen molar-refractivity contribution in [2.45, 2.75) is 25.0 Å². The zero-order valence-corrected chi connectivity index (χ0v) is 12.5. The number of hydrogen-bond acceptors (Lipinski definition) is 3. The topological polar surface area (TPSA) is 55.8 Å². The molecule has 6 heteroatoms. The SMILES string of the molecule is O=C1NCCN1C1CCN(CC(O)c2cccc(F)c2)CC1. The molecule has 0 saturated carbocycles. The molecule has 2 saturated heterocycles. The van der Waals surface area contributed by atoms with Gasteiger partial charge in [-0.2, -0.15) is 0 Å². The second-order valence-electron chi connectivity index (χ2n) is 6.03. The molecule has 0 spiro atoms. The summed E-state index contributed by atoms with van der Waals surface area (Å²) in [6, 6.07) is 6.46. The Kier molecular flexibility index (Phi) is 4.59. The Morgan fingerprint density at radius 2 is 2.09 bits per heavy atom. The lowest BCUT2D eigenvalue weighted by Gasteiger charge is -2.36. The maximum absolute atomic E-state index is 13.2. The van der Waals surface area contributed by atoms with Gasteiger partial charge in [0.1, 0.15) is 5.82 Å². The Hall–Kier alpha value is -1.66. The third-order valence-electron chi connectivity index (χ3n) is 4.55. The van der Waals surface area contributed by atoms with Gasteiger partial charge in [0, 0.05) is 38.8 Å². The maximum Gasteiger partial charge on any atom is 0.317 e. The van der Waals surface area contributed by atoms with Crippen LogP contribution in [0.1, 0.15) is 24.5 Å². The van der Waals surface area contributed by atoms with Crippen LogP contribution in [-0.4, -0.2) is 59.7 Å². The van der Waals surface area contributed by atoms with Crippen molar-refractivity contribution >= 4 is 6.03 Å². The molecule has 0 aromatic heterocycles. The summed E-state index contributed by atoms with van der Waals surface area (Å²) in [6.07, 6.45) is 1.16. The number of halogens is 1. The number of carbonyl (C=O) groups is 1. The van der Waals surface area contributed by atoms with Crippen LogP contribution in [0, 0.1) is 5.82 Å². The van der Waals surface area contributed by atoms with Gasteiger partial charge in [-0.3, -0.25) is 0 Å². The van der Waals surface area contributed by atoms with Crippen molar-refractivity contribution in [3.8, 4) is 0 Å². The average Bonchev–Trinajstić information content (AvgIpc) is 2.94. The quantitative estimate of drug-likeness (QED) is 0.883. The molecule has 2 heterocycles. The van der Waals surface area contributed by atoms with E-state index in [1.54, 1.807) is 12.1 Å². The first-order chi connectivity index (χ1) is 10.6. The lowest BCUT2D eigenvalue weighted by Crippen LogP contribution is -2.46. The van der Waals surface area contributed by atoms with Crippen molar-refractivity contribution in [1.29, 1.82) is 0 Å². The number of amides is 2. The molecule has 120 valence electrons. The van der Waals surface area contributed by atoms with Gasteiger partial charge in [0.05, 0.1) is 6.10 Å². The molecule has 2 aliphatic rings. The number of urea groups is 1. The number of β-amino-alcohol motifs (C(OH)–C–C–N with tert-alkyl or cyclic N) is 1. The third-order valence-corrected chi connectivity index (χ3v) is 4.55. The van der Waals surface area contributed by atoms with E-state index in [1.165, 1.54) is 12.1 Å². The number of carbonyl (C=O) groups excluding carboxylic acids is 1. The smallest absolute Gasteiger partial charge is 0.317 e. The maximum atomic E-state index is 13.2. The molecule has 0 radical (unpaired) electrons. The lowest BCUT2D eigenvalue weighted by atomic mass is 10.0. The number of nitrogens with one attached hydrogen (secondary N) is 1. The van der Waals surface area contributed by atoms with Crippen molar-refractivity contribution in [3.05, 3.63) is 35.6 Å². The Balaban J connectivity index is 1.50. The standard InChI is InChI=1S/C16H22FN3O2/c17-13-3-1-2-12(10-13)15(21)11-19-7-4-14(5-8-19)20-9-6-18-16(20)22/h1-3,10,14-15,21H,4-9,11H2,(H,18,22). The molecule has 0 bridgehead atoms. The van der Waals surface area contributed by atoms with Crippen LogP contribution in [0.2, 0.25) is 0 Å². The first kappa shape index (κ1) is 15.2. The van der Waals surface area contributed by atoms with Gasteiger partial charge in [-0.25, -0.2) is 9.18 Å². The Morgan fingerprint density at radius 1 is 1.32 bits per heavy atom. The van der Waals surface area contributed by atoms with Crippen LogP contribution in [0.25, 0.3) is 0 Å². The fourth-order valence-electron chi connectivity index (χ4n) is 3.31. The van der Waals surface area contributed by atoms with E-state index in [0.29, 0.717) is 18.2 Å². The normalized spacial score (nSPS) is 21.9. The van der Waals surface area contributed by atoms with Gasteiger partial charge in [-0.1, -0.05) is 12.1 Å². The van der Waals surface area contributed by atoms with Crippen LogP contribution in [0.15, 0.2) is 24.3 Å². The fourth-order valence-corrected chi connectivity index (χ4v) is 3.31. The van der Waals surface area contributed by atoms with E-state index in [-0.39, 0.29) is 11.8 Å². The van der Waals surface area contributed by atoms with Gasteiger partial charge < -0.3 is 20.2 Å². The molecule has 5 nitrogen and oxygen atoms in total. The van der Waals surface area contributed by atoms with Crippen LogP contribution in [-0.2, 0) is 0 Å². The highest BCUT2D eigenvalue weighted by Gasteiger charge is 2.31. The molecule has 2 amide bonds. The number of rotatable bonds is 4. The number of piperidine rings is 1. The number of aliphatic hydroxyl groups is 1. The van der Waals surface area contributed by atoms with Crippen molar-refractivity contribution in [3.63, 3.8) is 0 Å². The van der Waals surface area contributed by atoms with Crippen molar-refractivity contribution < 1.29 is 14.3 Å². The second kappa shape index (κ2) is 6.62. The molecule has 1 aromatic rings. The minimum atomic E-state index is -0.678. The van der Waals surface area contributed by atoms with Crippen molar-refractivity contribution in [1.82, 2.24) is 15.1 Å². The molecule has 2 aliphatic heterocycles. The molecule has 0 aliphatic carbocycles. The largest absolute Gasteiger partial charge is 0.387 e. The van der Waals surface area contributed by atoms with Crippen LogP contribution in [0.4, 0.5) is 9.18 Å². The van der Waals surface area contributed by atoms with E-state index in [1.807, 2.05) is 4.90 Å². The van der Waals surface area contributed by atoms with E-state index >= 15 is 0 Å². The van der Waals surface area contributed by atoms with Gasteiger partial charge in [0.25, 0.3) is 0 Å². The molecule has 3 rings (SSSR count). The molecule has 1 unspecified atom stereocenters. The fraction of sp³-hybridized carbons (Fsp3) is 0.562. The summed E-state index contributed by atoms with van der Waals surface area (Å²) in [5, 5.41) is 13.1. The molecule has 2 N–H and O–H groups in total. The van der Waals surface area contributed by atoms with E-state index in [0.717, 1.165) is 39.0 Å². The summed E-state index contributed by atoms with van der Waals surface area (Å²) >= 11 is 0. The zero-order chi connectivity index (χ0) is 15.5. The van der Waals surface area contributed by atoms with E-state index in [4.69, 9.17) is 0 Å². The lowest BCUT2D eigenvalue weighted by molar-refractivity contribution is 0.0794. The van der Waals surface area contributed by atoms with Crippen molar-refractivity contribution in [2.24, 2.45) is 0 Å². The number of nitrogens with zero attached hydrogens (tertiary/aromatic N) is 2. The second-order valence-corrected chi connectivity index (χ2v) is 6.03. The summed E-state index contributed by atoms with van der Waals surface area (Å²) in [7, 11) is 0. The Labute approximate surface area is 129 Å². The number of aliphatic hydroxyl groups excluding tert-OH is 1. The minimum absolute atomic E-state index is 0.0400. The zero-order valence-electron chi connectivity index (χ0n) is 12.5. The minimum Gasteiger partial charge on any atom is -0.387 e. The van der Waals surface area contributed by atoms with Crippen LogP contribution in [0.3, 0.4) is 0 Å². The molecule has 1 atom stereocenters. The summed E-state index contributed by atoms with van der Waals surface area (Å²) in [5.74, 6) is -0.324. The van der Waals surface area contributed by atoms with E-state index in [2.05, 4.69) is 10.2 Å².